The Morgan fingerprint density at radius 2 is 1.95 bits per heavy atom. The highest BCUT2D eigenvalue weighted by Gasteiger charge is 2.17. The minimum Gasteiger partial charge on any atom is -0.508 e. The third-order valence-electron chi connectivity index (χ3n) is 3.25. The van der Waals surface area contributed by atoms with Crippen LogP contribution in [0.15, 0.2) is 30.3 Å². The molecule has 5 nitrogen and oxygen atoms in total. The first-order valence-corrected chi connectivity index (χ1v) is 6.94. The minimum absolute atomic E-state index is 0.129. The van der Waals surface area contributed by atoms with Gasteiger partial charge in [-0.2, -0.15) is 0 Å². The van der Waals surface area contributed by atoms with Gasteiger partial charge in [0.1, 0.15) is 22.8 Å². The maximum absolute atomic E-state index is 11.0. The van der Waals surface area contributed by atoms with E-state index in [9.17, 15) is 15.0 Å². The summed E-state index contributed by atoms with van der Waals surface area (Å²) in [5.41, 5.74) is 0.728. The van der Waals surface area contributed by atoms with Crippen molar-refractivity contribution >= 4 is 17.6 Å². The normalized spacial score (nSPS) is 10.5. The molecular formula is C16H15ClO5. The molecule has 0 aliphatic rings. The zero-order valence-corrected chi connectivity index (χ0v) is 12.6. The second-order valence-corrected chi connectivity index (χ2v) is 5.16. The molecule has 0 aliphatic carbocycles. The minimum atomic E-state index is -1.26. The van der Waals surface area contributed by atoms with Gasteiger partial charge in [-0.25, -0.2) is 4.79 Å². The average Bonchev–Trinajstić information content (AvgIpc) is 2.44. The maximum atomic E-state index is 11.0. The largest absolute Gasteiger partial charge is 0.508 e. The van der Waals surface area contributed by atoms with E-state index < -0.39 is 11.7 Å². The molecule has 2 aromatic rings. The molecule has 0 amide bonds. The zero-order chi connectivity index (χ0) is 16.3. The Labute approximate surface area is 132 Å². The van der Waals surface area contributed by atoms with Gasteiger partial charge in [0.25, 0.3) is 0 Å². The molecule has 2 aromatic carbocycles. The molecule has 0 fully saturated rings. The second-order valence-electron chi connectivity index (χ2n) is 4.75. The summed E-state index contributed by atoms with van der Waals surface area (Å²) < 4.78 is 5.58. The van der Waals surface area contributed by atoms with Gasteiger partial charge in [-0.3, -0.25) is 0 Å². The fourth-order valence-corrected chi connectivity index (χ4v) is 2.38. The van der Waals surface area contributed by atoms with Crippen LogP contribution in [-0.2, 0) is 6.42 Å². The van der Waals surface area contributed by atoms with Crippen molar-refractivity contribution in [3.8, 4) is 17.2 Å². The lowest BCUT2D eigenvalue weighted by atomic mass is 10.1. The van der Waals surface area contributed by atoms with Gasteiger partial charge in [-0.15, -0.1) is 0 Å². The highest BCUT2D eigenvalue weighted by molar-refractivity contribution is 6.32. The van der Waals surface area contributed by atoms with Crippen LogP contribution in [0.2, 0.25) is 5.02 Å². The SMILES string of the molecule is Cc1cccc(Cl)c1OCCc1c(O)ccc(C(=O)O)c1O. The molecule has 0 bridgehead atoms. The second kappa shape index (κ2) is 6.58. The molecule has 0 aromatic heterocycles. The van der Waals surface area contributed by atoms with Crippen molar-refractivity contribution in [2.45, 2.75) is 13.3 Å². The molecule has 0 heterocycles. The molecule has 116 valence electrons. The monoisotopic (exact) mass is 322 g/mol. The Bertz CT molecular complexity index is 692. The molecule has 2 rings (SSSR count). The van der Waals surface area contributed by atoms with Crippen LogP contribution in [-0.4, -0.2) is 27.9 Å². The number of carboxylic acid groups (broad SMARTS) is 1. The molecule has 3 N–H and O–H groups in total. The Morgan fingerprint density at radius 1 is 1.23 bits per heavy atom. The number of hydrogen-bond acceptors (Lipinski definition) is 4. The van der Waals surface area contributed by atoms with Crippen molar-refractivity contribution in [3.05, 3.63) is 52.0 Å². The van der Waals surface area contributed by atoms with E-state index in [1.165, 1.54) is 6.07 Å². The van der Waals surface area contributed by atoms with E-state index in [0.29, 0.717) is 10.8 Å². The fourth-order valence-electron chi connectivity index (χ4n) is 2.10. The number of rotatable bonds is 5. The summed E-state index contributed by atoms with van der Waals surface area (Å²) in [6.07, 6.45) is 0.142. The summed E-state index contributed by atoms with van der Waals surface area (Å²) in [4.78, 5) is 11.0. The van der Waals surface area contributed by atoms with Crippen molar-refractivity contribution in [2.24, 2.45) is 0 Å². The number of carboxylic acids is 1. The van der Waals surface area contributed by atoms with Crippen LogP contribution in [0.3, 0.4) is 0 Å². The molecule has 0 unspecified atom stereocenters. The topological polar surface area (TPSA) is 87.0 Å². The van der Waals surface area contributed by atoms with E-state index in [4.69, 9.17) is 21.4 Å². The van der Waals surface area contributed by atoms with Crippen LogP contribution in [0.5, 0.6) is 17.2 Å². The lowest BCUT2D eigenvalue weighted by molar-refractivity contribution is 0.0693. The first-order valence-electron chi connectivity index (χ1n) is 6.56. The van der Waals surface area contributed by atoms with Gasteiger partial charge in [-0.05, 0) is 30.7 Å². The maximum Gasteiger partial charge on any atom is 0.339 e. The predicted molar refractivity (Wildman–Crippen MR) is 82.1 cm³/mol. The lowest BCUT2D eigenvalue weighted by Crippen LogP contribution is -2.05. The van der Waals surface area contributed by atoms with E-state index in [1.807, 2.05) is 13.0 Å². The van der Waals surface area contributed by atoms with Crippen LogP contribution in [0.4, 0.5) is 0 Å². The van der Waals surface area contributed by atoms with E-state index in [1.54, 1.807) is 12.1 Å². The van der Waals surface area contributed by atoms with E-state index in [2.05, 4.69) is 0 Å². The summed E-state index contributed by atoms with van der Waals surface area (Å²) in [5, 5.41) is 29.1. The Morgan fingerprint density at radius 3 is 2.59 bits per heavy atom. The molecule has 0 radical (unpaired) electrons. The van der Waals surface area contributed by atoms with Crippen molar-refractivity contribution < 1.29 is 24.9 Å². The summed E-state index contributed by atoms with van der Waals surface area (Å²) in [6, 6.07) is 7.73. The van der Waals surface area contributed by atoms with Crippen LogP contribution in [0.25, 0.3) is 0 Å². The highest BCUT2D eigenvalue weighted by Crippen LogP contribution is 2.32. The zero-order valence-electron chi connectivity index (χ0n) is 11.8. The number of benzene rings is 2. The van der Waals surface area contributed by atoms with Crippen molar-refractivity contribution in [3.63, 3.8) is 0 Å². The predicted octanol–water partition coefficient (Wildman–Crippen LogP) is 3.38. The molecule has 0 spiro atoms. The summed E-state index contributed by atoms with van der Waals surface area (Å²) in [7, 11) is 0. The third kappa shape index (κ3) is 3.26. The van der Waals surface area contributed by atoms with Gasteiger partial charge in [0.2, 0.25) is 0 Å². The first-order chi connectivity index (χ1) is 10.4. The van der Waals surface area contributed by atoms with Gasteiger partial charge in [0.15, 0.2) is 0 Å². The van der Waals surface area contributed by atoms with Crippen LogP contribution in [0.1, 0.15) is 21.5 Å². The number of phenols is 2. The quantitative estimate of drug-likeness (QED) is 0.785. The molecule has 0 aliphatic heterocycles. The van der Waals surface area contributed by atoms with Crippen molar-refractivity contribution in [1.29, 1.82) is 0 Å². The number of carbonyl (C=O) groups is 1. The van der Waals surface area contributed by atoms with Gasteiger partial charge in [0, 0.05) is 12.0 Å². The standard InChI is InChI=1S/C16H15ClO5/c1-9-3-2-4-12(17)15(9)22-8-7-10-13(18)6-5-11(14(10)19)16(20)21/h2-6,18-19H,7-8H2,1H3,(H,20,21). The number of phenolic OH excluding ortho intramolecular Hbond substituents is 1. The molecule has 0 saturated carbocycles. The fraction of sp³-hybridized carbons (Fsp3) is 0.188. The van der Waals surface area contributed by atoms with E-state index >= 15 is 0 Å². The van der Waals surface area contributed by atoms with Crippen molar-refractivity contribution in [1.82, 2.24) is 0 Å². The number of aryl methyl sites for hydroxylation is 1. The van der Waals surface area contributed by atoms with Gasteiger partial charge in [-0.1, -0.05) is 23.7 Å². The number of aromatic hydroxyl groups is 2. The summed E-state index contributed by atoms with van der Waals surface area (Å²) >= 11 is 6.04. The molecule has 22 heavy (non-hydrogen) atoms. The number of halogens is 1. The average molecular weight is 323 g/mol. The smallest absolute Gasteiger partial charge is 0.339 e. The van der Waals surface area contributed by atoms with E-state index in [0.717, 1.165) is 11.6 Å². The molecule has 0 atom stereocenters. The van der Waals surface area contributed by atoms with Gasteiger partial charge < -0.3 is 20.1 Å². The van der Waals surface area contributed by atoms with Gasteiger partial charge >= 0.3 is 5.97 Å². The Kier molecular flexibility index (Phi) is 4.78. The number of aromatic carboxylic acids is 1. The lowest BCUT2D eigenvalue weighted by Gasteiger charge is -2.13. The first kappa shape index (κ1) is 16.0. The van der Waals surface area contributed by atoms with Crippen LogP contribution in [0, 0.1) is 6.92 Å². The molecule has 6 heteroatoms. The van der Waals surface area contributed by atoms with Crippen LogP contribution < -0.4 is 4.74 Å². The van der Waals surface area contributed by atoms with E-state index in [-0.39, 0.29) is 29.9 Å². The summed E-state index contributed by atoms with van der Waals surface area (Å²) in [5.74, 6) is -1.37. The third-order valence-corrected chi connectivity index (χ3v) is 3.55. The molecule has 0 saturated heterocycles. The Balaban J connectivity index is 2.15. The number of ether oxygens (including phenoxy) is 1. The van der Waals surface area contributed by atoms with Gasteiger partial charge in [0.05, 0.1) is 11.6 Å². The van der Waals surface area contributed by atoms with Crippen LogP contribution >= 0.6 is 11.6 Å². The Hall–Kier alpha value is -2.40. The molecular weight excluding hydrogens is 308 g/mol. The van der Waals surface area contributed by atoms with Crippen molar-refractivity contribution in [2.75, 3.05) is 6.61 Å². The number of hydrogen-bond donors (Lipinski definition) is 3. The highest BCUT2D eigenvalue weighted by atomic mass is 35.5. The number of para-hydroxylation sites is 1. The summed E-state index contributed by atoms with van der Waals surface area (Å²) in [6.45, 7) is 1.98.